The quantitative estimate of drug-likeness (QED) is 0.350. The van der Waals surface area contributed by atoms with Gasteiger partial charge in [-0.1, -0.05) is 39.0 Å². The lowest BCUT2D eigenvalue weighted by Crippen LogP contribution is -2.42. The molecule has 1 unspecified atom stereocenters. The molecule has 1 aliphatic rings. The summed E-state index contributed by atoms with van der Waals surface area (Å²) in [4.78, 5) is 32.6. The number of carbonyl (C=O) groups is 2. The van der Waals surface area contributed by atoms with Crippen molar-refractivity contribution in [2.24, 2.45) is 0 Å². The van der Waals surface area contributed by atoms with Gasteiger partial charge in [-0.2, -0.15) is 16.4 Å². The van der Waals surface area contributed by atoms with E-state index in [0.29, 0.717) is 12.4 Å². The van der Waals surface area contributed by atoms with Crippen LogP contribution in [-0.4, -0.2) is 38.9 Å². The van der Waals surface area contributed by atoms with Gasteiger partial charge in [-0.05, 0) is 58.6 Å². The van der Waals surface area contributed by atoms with E-state index in [4.69, 9.17) is 5.10 Å². The predicted molar refractivity (Wildman–Crippen MR) is 154 cm³/mol. The molecule has 4 aromatic rings. The number of nitrogens with one attached hydrogen (secondary N) is 1. The summed E-state index contributed by atoms with van der Waals surface area (Å²) in [5.74, 6) is 0.608. The molecule has 0 saturated heterocycles. The number of para-hydroxylation sites is 1. The zero-order valence-corrected chi connectivity index (χ0v) is 23.6. The maximum Gasteiger partial charge on any atom is 0.240 e. The van der Waals surface area contributed by atoms with Crippen molar-refractivity contribution in [1.82, 2.24) is 20.1 Å². The van der Waals surface area contributed by atoms with E-state index in [-0.39, 0.29) is 34.8 Å². The van der Waals surface area contributed by atoms with Crippen LogP contribution in [0.3, 0.4) is 0 Å². The number of anilines is 1. The summed E-state index contributed by atoms with van der Waals surface area (Å²) in [6.45, 7) is 8.75. The SMILES string of the molecule is Cc1ccccc1-n1nc(C(C)(C)C)c2c1N(CC(=O)NCc1ccncc1)C(=O)CSC2c1ccsc1. The summed E-state index contributed by atoms with van der Waals surface area (Å²) in [6, 6.07) is 13.9. The normalized spacial score (nSPS) is 15.7. The van der Waals surface area contributed by atoms with E-state index in [1.54, 1.807) is 40.4 Å². The van der Waals surface area contributed by atoms with Gasteiger partial charge in [0.05, 0.1) is 22.4 Å². The number of fused-ring (bicyclic) bond motifs is 1. The topological polar surface area (TPSA) is 80.1 Å². The van der Waals surface area contributed by atoms with E-state index < -0.39 is 0 Å². The highest BCUT2D eigenvalue weighted by atomic mass is 32.2. The van der Waals surface area contributed by atoms with E-state index in [1.165, 1.54) is 0 Å². The molecule has 3 aromatic heterocycles. The molecule has 196 valence electrons. The van der Waals surface area contributed by atoms with Gasteiger partial charge >= 0.3 is 0 Å². The average Bonchev–Trinajstić information content (AvgIpc) is 3.54. The Morgan fingerprint density at radius 1 is 1.13 bits per heavy atom. The van der Waals surface area contributed by atoms with E-state index in [0.717, 1.165) is 33.6 Å². The van der Waals surface area contributed by atoms with E-state index in [9.17, 15) is 9.59 Å². The highest BCUT2D eigenvalue weighted by molar-refractivity contribution is 8.00. The smallest absolute Gasteiger partial charge is 0.240 e. The first-order valence-electron chi connectivity index (χ1n) is 12.5. The summed E-state index contributed by atoms with van der Waals surface area (Å²) < 4.78 is 1.88. The van der Waals surface area contributed by atoms with Crippen molar-refractivity contribution in [2.75, 3.05) is 17.2 Å². The largest absolute Gasteiger partial charge is 0.350 e. The minimum atomic E-state index is -0.282. The van der Waals surface area contributed by atoms with Crippen LogP contribution in [0.5, 0.6) is 0 Å². The monoisotopic (exact) mass is 545 g/mol. The Morgan fingerprint density at radius 3 is 2.58 bits per heavy atom. The third kappa shape index (κ3) is 5.26. The van der Waals surface area contributed by atoms with Gasteiger partial charge in [0.2, 0.25) is 11.8 Å². The summed E-state index contributed by atoms with van der Waals surface area (Å²) in [5, 5.41) is 12.3. The molecule has 38 heavy (non-hydrogen) atoms. The molecule has 4 heterocycles. The second-order valence-corrected chi connectivity index (χ2v) is 12.3. The Labute approximate surface area is 231 Å². The molecular weight excluding hydrogens is 514 g/mol. The lowest BCUT2D eigenvalue weighted by Gasteiger charge is -2.24. The molecule has 1 aliphatic heterocycles. The molecular formula is C29H31N5O2S2. The molecule has 0 radical (unpaired) electrons. The molecule has 1 N–H and O–H groups in total. The third-order valence-corrected chi connectivity index (χ3v) is 8.49. The summed E-state index contributed by atoms with van der Waals surface area (Å²) >= 11 is 3.24. The van der Waals surface area contributed by atoms with Crippen LogP contribution < -0.4 is 10.2 Å². The number of pyridine rings is 1. The van der Waals surface area contributed by atoms with Gasteiger partial charge in [0.25, 0.3) is 0 Å². The molecule has 0 bridgehead atoms. The Kier molecular flexibility index (Phi) is 7.40. The Balaban J connectivity index is 1.64. The number of benzene rings is 1. The number of thiophene rings is 1. The van der Waals surface area contributed by atoms with Gasteiger partial charge in [-0.25, -0.2) is 4.68 Å². The number of nitrogens with zero attached hydrogens (tertiary/aromatic N) is 4. The van der Waals surface area contributed by atoms with Gasteiger partial charge in [0.1, 0.15) is 12.4 Å². The van der Waals surface area contributed by atoms with Crippen molar-refractivity contribution in [3.63, 3.8) is 0 Å². The van der Waals surface area contributed by atoms with Gasteiger partial charge in [-0.15, -0.1) is 11.8 Å². The van der Waals surface area contributed by atoms with Crippen molar-refractivity contribution >= 4 is 40.7 Å². The first-order chi connectivity index (χ1) is 18.2. The van der Waals surface area contributed by atoms with Crippen LogP contribution in [0.15, 0.2) is 65.6 Å². The summed E-state index contributed by atoms with van der Waals surface area (Å²) in [5.41, 5.74) is 5.67. The van der Waals surface area contributed by atoms with Gasteiger partial charge < -0.3 is 5.32 Å². The van der Waals surface area contributed by atoms with E-state index >= 15 is 0 Å². The van der Waals surface area contributed by atoms with Crippen LogP contribution in [-0.2, 0) is 21.5 Å². The molecule has 9 heteroatoms. The van der Waals surface area contributed by atoms with Gasteiger partial charge in [0.15, 0.2) is 0 Å². The zero-order chi connectivity index (χ0) is 26.9. The van der Waals surface area contributed by atoms with Crippen molar-refractivity contribution < 1.29 is 9.59 Å². The van der Waals surface area contributed by atoms with E-state index in [2.05, 4.69) is 47.9 Å². The van der Waals surface area contributed by atoms with Crippen molar-refractivity contribution in [3.05, 3.63) is 93.6 Å². The maximum absolute atomic E-state index is 13.7. The summed E-state index contributed by atoms with van der Waals surface area (Å²) in [7, 11) is 0. The lowest BCUT2D eigenvalue weighted by atomic mass is 9.87. The van der Waals surface area contributed by atoms with Crippen LogP contribution in [0.2, 0.25) is 0 Å². The third-order valence-electron chi connectivity index (χ3n) is 6.53. The molecule has 0 saturated carbocycles. The molecule has 7 nitrogen and oxygen atoms in total. The van der Waals surface area contributed by atoms with Crippen LogP contribution in [0.4, 0.5) is 5.82 Å². The number of aryl methyl sites for hydroxylation is 1. The Hall–Kier alpha value is -3.43. The molecule has 1 atom stereocenters. The van der Waals surface area contributed by atoms with Crippen molar-refractivity contribution in [2.45, 2.75) is 44.9 Å². The standard InChI is InChI=1S/C29H31N5O2S2/c1-19-7-5-6-8-22(19)34-28-25(27(32-34)29(2,3)4)26(21-11-14-37-17-21)38-18-24(36)33(28)16-23(35)31-15-20-9-12-30-13-10-20/h5-14,17,26H,15-16,18H2,1-4H3,(H,31,35). The number of thioether (sulfide) groups is 1. The van der Waals surface area contributed by atoms with Crippen molar-refractivity contribution in [1.29, 1.82) is 0 Å². The minimum absolute atomic E-state index is 0.0722. The molecule has 2 amide bonds. The number of rotatable bonds is 6. The van der Waals surface area contributed by atoms with Crippen LogP contribution >= 0.6 is 23.1 Å². The second kappa shape index (κ2) is 10.7. The zero-order valence-electron chi connectivity index (χ0n) is 22.0. The number of aromatic nitrogens is 3. The Morgan fingerprint density at radius 2 is 1.89 bits per heavy atom. The summed E-state index contributed by atoms with van der Waals surface area (Å²) in [6.07, 6.45) is 3.39. The predicted octanol–water partition coefficient (Wildman–Crippen LogP) is 5.42. The molecule has 1 aromatic carbocycles. The highest BCUT2D eigenvalue weighted by Crippen LogP contribution is 2.48. The molecule has 5 rings (SSSR count). The fraction of sp³-hybridized carbons (Fsp3) is 0.310. The van der Waals surface area contributed by atoms with Crippen LogP contribution in [0.1, 0.15) is 54.0 Å². The molecule has 0 fully saturated rings. The van der Waals surface area contributed by atoms with Crippen LogP contribution in [0.25, 0.3) is 5.69 Å². The average molecular weight is 546 g/mol. The second-order valence-electron chi connectivity index (χ2n) is 10.4. The van der Waals surface area contributed by atoms with Crippen molar-refractivity contribution in [3.8, 4) is 5.69 Å². The molecule has 0 spiro atoms. The minimum Gasteiger partial charge on any atom is -0.350 e. The fourth-order valence-electron chi connectivity index (χ4n) is 4.63. The Bertz CT molecular complexity index is 1440. The van der Waals surface area contributed by atoms with Gasteiger partial charge in [-0.3, -0.25) is 19.5 Å². The number of carbonyl (C=O) groups excluding carboxylic acids is 2. The van der Waals surface area contributed by atoms with E-state index in [1.807, 2.05) is 48.0 Å². The lowest BCUT2D eigenvalue weighted by molar-refractivity contribution is -0.123. The maximum atomic E-state index is 13.7. The number of amides is 2. The number of hydrogen-bond acceptors (Lipinski definition) is 6. The molecule has 0 aliphatic carbocycles. The first kappa shape index (κ1) is 26.2. The van der Waals surface area contributed by atoms with Gasteiger partial charge in [0, 0.05) is 29.9 Å². The van der Waals surface area contributed by atoms with Crippen LogP contribution in [0, 0.1) is 6.92 Å². The fourth-order valence-corrected chi connectivity index (χ4v) is 6.59. The number of hydrogen-bond donors (Lipinski definition) is 1. The first-order valence-corrected chi connectivity index (χ1v) is 14.5. The highest BCUT2D eigenvalue weighted by Gasteiger charge is 2.40.